The summed E-state index contributed by atoms with van der Waals surface area (Å²) in [6.45, 7) is 1.71. The van der Waals surface area contributed by atoms with Crippen molar-refractivity contribution in [2.24, 2.45) is 0 Å². The number of rotatable bonds is 3. The van der Waals surface area contributed by atoms with Gasteiger partial charge in [-0.25, -0.2) is 24.7 Å². The van der Waals surface area contributed by atoms with Gasteiger partial charge in [0.05, 0.1) is 7.11 Å². The summed E-state index contributed by atoms with van der Waals surface area (Å²) in [5.41, 5.74) is 12.6. The van der Waals surface area contributed by atoms with Gasteiger partial charge in [-0.1, -0.05) is 12.8 Å². The van der Waals surface area contributed by atoms with E-state index in [1.54, 1.807) is 12.4 Å². The first kappa shape index (κ1) is 16.9. The predicted molar refractivity (Wildman–Crippen MR) is 93.9 cm³/mol. The minimum atomic E-state index is -0.634. The van der Waals surface area contributed by atoms with Crippen molar-refractivity contribution in [2.45, 2.75) is 25.7 Å². The van der Waals surface area contributed by atoms with Gasteiger partial charge in [-0.05, 0) is 12.8 Å². The van der Waals surface area contributed by atoms with Crippen molar-refractivity contribution in [2.75, 3.05) is 36.6 Å². The van der Waals surface area contributed by atoms with Gasteiger partial charge in [0.25, 0.3) is 0 Å². The Kier molecular flexibility index (Phi) is 4.92. The molecule has 0 atom stereocenters. The van der Waals surface area contributed by atoms with Gasteiger partial charge in [0.15, 0.2) is 17.3 Å². The lowest BCUT2D eigenvalue weighted by Gasteiger charge is -2.24. The monoisotopic (exact) mass is 343 g/mol. The Labute approximate surface area is 145 Å². The largest absolute Gasteiger partial charge is 0.464 e. The average Bonchev–Trinajstić information content (AvgIpc) is 2.91. The van der Waals surface area contributed by atoms with E-state index in [1.165, 1.54) is 20.0 Å². The predicted octanol–water partition coefficient (Wildman–Crippen LogP) is 1.27. The number of nitrogens with two attached hydrogens (primary N) is 2. The van der Waals surface area contributed by atoms with E-state index >= 15 is 0 Å². The molecule has 1 saturated heterocycles. The lowest BCUT2D eigenvalue weighted by Crippen LogP contribution is -2.27. The van der Waals surface area contributed by atoms with Crippen LogP contribution < -0.4 is 16.4 Å². The number of carbonyl (C=O) groups is 1. The highest BCUT2D eigenvalue weighted by Crippen LogP contribution is 2.30. The van der Waals surface area contributed by atoms with Crippen LogP contribution in [0.1, 0.15) is 36.2 Å². The third kappa shape index (κ3) is 3.59. The summed E-state index contributed by atoms with van der Waals surface area (Å²) in [6, 6.07) is 0. The van der Waals surface area contributed by atoms with Crippen molar-refractivity contribution in [3.63, 3.8) is 0 Å². The lowest BCUT2D eigenvalue weighted by molar-refractivity contribution is 0.0595. The van der Waals surface area contributed by atoms with Crippen LogP contribution in [0.4, 0.5) is 17.6 Å². The fraction of sp³-hybridized carbons (Fsp3) is 0.438. The van der Waals surface area contributed by atoms with Gasteiger partial charge < -0.3 is 21.1 Å². The second kappa shape index (κ2) is 7.29. The number of nitrogen functional groups attached to an aromatic ring is 2. The quantitative estimate of drug-likeness (QED) is 0.790. The zero-order valence-corrected chi connectivity index (χ0v) is 14.1. The fourth-order valence-electron chi connectivity index (χ4n) is 2.84. The highest BCUT2D eigenvalue weighted by atomic mass is 16.5. The minimum Gasteiger partial charge on any atom is -0.464 e. The first-order valence-corrected chi connectivity index (χ1v) is 8.19. The lowest BCUT2D eigenvalue weighted by atomic mass is 10.2. The first-order valence-electron chi connectivity index (χ1n) is 8.19. The summed E-state index contributed by atoms with van der Waals surface area (Å²) in [4.78, 5) is 31.0. The zero-order chi connectivity index (χ0) is 17.8. The van der Waals surface area contributed by atoms with Gasteiger partial charge in [0.1, 0.15) is 5.69 Å². The Morgan fingerprint density at radius 3 is 2.32 bits per heavy atom. The Hall–Kier alpha value is -2.97. The maximum atomic E-state index is 11.9. The van der Waals surface area contributed by atoms with Gasteiger partial charge in [-0.15, -0.1) is 0 Å². The van der Waals surface area contributed by atoms with E-state index in [2.05, 4.69) is 24.8 Å². The summed E-state index contributed by atoms with van der Waals surface area (Å²) in [6.07, 6.45) is 7.62. The van der Waals surface area contributed by atoms with E-state index in [0.29, 0.717) is 17.1 Å². The smallest absolute Gasteiger partial charge is 0.360 e. The molecule has 0 aromatic carbocycles. The SMILES string of the molecule is COC(=O)c1nc(-c2cnc(N)nc2)c(N2CCCCCC2)nc1N. The number of aromatic nitrogens is 4. The summed E-state index contributed by atoms with van der Waals surface area (Å²) < 4.78 is 4.75. The average molecular weight is 343 g/mol. The Morgan fingerprint density at radius 2 is 1.72 bits per heavy atom. The third-order valence-corrected chi connectivity index (χ3v) is 4.13. The molecule has 0 unspecified atom stereocenters. The summed E-state index contributed by atoms with van der Waals surface area (Å²) in [5, 5.41) is 0. The van der Waals surface area contributed by atoms with E-state index in [9.17, 15) is 4.79 Å². The molecule has 2 aromatic rings. The second-order valence-corrected chi connectivity index (χ2v) is 5.85. The molecule has 25 heavy (non-hydrogen) atoms. The molecule has 0 amide bonds. The van der Waals surface area contributed by atoms with E-state index < -0.39 is 5.97 Å². The van der Waals surface area contributed by atoms with Crippen molar-refractivity contribution in [3.8, 4) is 11.3 Å². The topological polar surface area (TPSA) is 133 Å². The van der Waals surface area contributed by atoms with Crippen molar-refractivity contribution in [1.29, 1.82) is 0 Å². The van der Waals surface area contributed by atoms with Crippen LogP contribution in [-0.2, 0) is 4.74 Å². The Bertz CT molecular complexity index is 756. The van der Waals surface area contributed by atoms with Gasteiger partial charge in [-0.3, -0.25) is 0 Å². The van der Waals surface area contributed by atoms with Crippen LogP contribution >= 0.6 is 0 Å². The number of methoxy groups -OCH3 is 1. The molecule has 0 spiro atoms. The second-order valence-electron chi connectivity index (χ2n) is 5.85. The molecule has 9 nitrogen and oxygen atoms in total. The summed E-state index contributed by atoms with van der Waals surface area (Å²) >= 11 is 0. The van der Waals surface area contributed by atoms with Gasteiger partial charge in [-0.2, -0.15) is 0 Å². The van der Waals surface area contributed by atoms with E-state index in [-0.39, 0.29) is 17.5 Å². The molecule has 0 saturated carbocycles. The summed E-state index contributed by atoms with van der Waals surface area (Å²) in [7, 11) is 1.28. The van der Waals surface area contributed by atoms with Crippen LogP contribution in [0.15, 0.2) is 12.4 Å². The van der Waals surface area contributed by atoms with Crippen LogP contribution in [0.3, 0.4) is 0 Å². The first-order chi connectivity index (χ1) is 12.1. The number of anilines is 3. The van der Waals surface area contributed by atoms with Crippen molar-refractivity contribution >= 4 is 23.6 Å². The highest BCUT2D eigenvalue weighted by molar-refractivity contribution is 5.93. The number of hydrogen-bond acceptors (Lipinski definition) is 9. The highest BCUT2D eigenvalue weighted by Gasteiger charge is 2.23. The molecule has 2 aromatic heterocycles. The van der Waals surface area contributed by atoms with Crippen molar-refractivity contribution in [1.82, 2.24) is 19.9 Å². The molecule has 4 N–H and O–H groups in total. The molecule has 132 valence electrons. The number of esters is 1. The maximum Gasteiger partial charge on any atom is 0.360 e. The van der Waals surface area contributed by atoms with Gasteiger partial charge >= 0.3 is 5.97 Å². The van der Waals surface area contributed by atoms with Gasteiger partial charge in [0, 0.05) is 31.0 Å². The van der Waals surface area contributed by atoms with E-state index in [4.69, 9.17) is 16.2 Å². The molecule has 0 radical (unpaired) electrons. The van der Waals surface area contributed by atoms with E-state index in [0.717, 1.165) is 25.9 Å². The van der Waals surface area contributed by atoms with Crippen LogP contribution in [0.2, 0.25) is 0 Å². The van der Waals surface area contributed by atoms with Crippen LogP contribution in [0, 0.1) is 0 Å². The zero-order valence-electron chi connectivity index (χ0n) is 14.1. The Balaban J connectivity index is 2.12. The molecule has 1 aliphatic rings. The third-order valence-electron chi connectivity index (χ3n) is 4.13. The maximum absolute atomic E-state index is 11.9. The van der Waals surface area contributed by atoms with Crippen molar-refractivity contribution < 1.29 is 9.53 Å². The van der Waals surface area contributed by atoms with Crippen LogP contribution in [-0.4, -0.2) is 46.1 Å². The molecule has 1 fully saturated rings. The molecule has 0 bridgehead atoms. The number of hydrogen-bond donors (Lipinski definition) is 2. The molecule has 0 aliphatic carbocycles. The van der Waals surface area contributed by atoms with E-state index in [1.807, 2.05) is 0 Å². The molecule has 1 aliphatic heterocycles. The van der Waals surface area contributed by atoms with Crippen LogP contribution in [0.25, 0.3) is 11.3 Å². The van der Waals surface area contributed by atoms with Crippen LogP contribution in [0.5, 0.6) is 0 Å². The molecule has 3 rings (SSSR count). The summed E-state index contributed by atoms with van der Waals surface area (Å²) in [5.74, 6) is 0.202. The normalized spacial score (nSPS) is 14.8. The minimum absolute atomic E-state index is 0.0205. The fourth-order valence-corrected chi connectivity index (χ4v) is 2.84. The number of nitrogens with zero attached hydrogens (tertiary/aromatic N) is 5. The van der Waals surface area contributed by atoms with Gasteiger partial charge in [0.2, 0.25) is 5.95 Å². The Morgan fingerprint density at radius 1 is 1.08 bits per heavy atom. The molecule has 9 heteroatoms. The standard InChI is InChI=1S/C16H21N7O2/c1-25-15(24)12-13(17)22-14(23-6-4-2-3-5-7-23)11(21-12)10-8-19-16(18)20-9-10/h8-9H,2-7H2,1H3,(H2,17,22)(H2,18,19,20). The molecule has 3 heterocycles. The number of ether oxygens (including phenoxy) is 1. The number of carbonyl (C=O) groups excluding carboxylic acids is 1. The molecular formula is C16H21N7O2. The molecular weight excluding hydrogens is 322 g/mol. The van der Waals surface area contributed by atoms with Crippen molar-refractivity contribution in [3.05, 3.63) is 18.1 Å².